The van der Waals surface area contributed by atoms with Gasteiger partial charge in [-0.05, 0) is 43.9 Å². The van der Waals surface area contributed by atoms with E-state index in [-0.39, 0.29) is 16.3 Å². The van der Waals surface area contributed by atoms with Crippen molar-refractivity contribution in [1.82, 2.24) is 9.78 Å². The van der Waals surface area contributed by atoms with E-state index in [0.717, 1.165) is 6.42 Å². The van der Waals surface area contributed by atoms with E-state index in [1.807, 2.05) is 0 Å². The molecule has 7 nitrogen and oxygen atoms in total. The summed E-state index contributed by atoms with van der Waals surface area (Å²) in [7, 11) is 0. The van der Waals surface area contributed by atoms with E-state index in [1.54, 1.807) is 6.07 Å². The molecule has 1 aromatic carbocycles. The average Bonchev–Trinajstić information content (AvgIpc) is 3.02. The number of hydrazone groups is 1. The van der Waals surface area contributed by atoms with Crippen LogP contribution in [0, 0.1) is 16.7 Å². The number of hydrogen-bond acceptors (Lipinski definition) is 5. The highest BCUT2D eigenvalue weighted by molar-refractivity contribution is 6.45. The van der Waals surface area contributed by atoms with Crippen LogP contribution in [-0.2, 0) is 19.0 Å². The lowest BCUT2D eigenvalue weighted by atomic mass is 9.95. The Kier molecular flexibility index (Phi) is 5.29. The molecule has 0 atom stereocenters. The lowest BCUT2D eigenvalue weighted by Gasteiger charge is -2.15. The number of alkyl halides is 3. The molecule has 0 bridgehead atoms. The molecule has 11 heteroatoms. The molecule has 2 aromatic rings. The molecule has 0 amide bonds. The number of aromatic nitrogens is 2. The van der Waals surface area contributed by atoms with Crippen LogP contribution in [0.15, 0.2) is 23.3 Å². The molecule has 0 fully saturated rings. The molecular weight excluding hydrogens is 395 g/mol. The summed E-state index contributed by atoms with van der Waals surface area (Å²) < 4.78 is 41.3. The lowest BCUT2D eigenvalue weighted by Crippen LogP contribution is -2.21. The van der Waals surface area contributed by atoms with Crippen LogP contribution in [0.2, 0.25) is 5.02 Å². The van der Waals surface area contributed by atoms with Gasteiger partial charge in [-0.1, -0.05) is 11.6 Å². The fourth-order valence-corrected chi connectivity index (χ4v) is 3.30. The lowest BCUT2D eigenvalue weighted by molar-refractivity contribution is -0.142. The number of halogens is 4. The molecule has 4 N–H and O–H groups in total. The van der Waals surface area contributed by atoms with Gasteiger partial charge in [0.05, 0.1) is 16.4 Å². The minimum absolute atomic E-state index is 0.158. The third-order valence-corrected chi connectivity index (χ3v) is 4.59. The summed E-state index contributed by atoms with van der Waals surface area (Å²) in [6.07, 6.45) is -2.24. The van der Waals surface area contributed by atoms with Gasteiger partial charge in [0.2, 0.25) is 5.71 Å². The maximum atomic E-state index is 13.4. The van der Waals surface area contributed by atoms with E-state index in [4.69, 9.17) is 28.0 Å². The highest BCUT2D eigenvalue weighted by atomic mass is 35.5. The Morgan fingerprint density at radius 1 is 1.36 bits per heavy atom. The molecule has 0 unspecified atom stereocenters. The number of fused-ring (bicyclic) bond motifs is 1. The first-order chi connectivity index (χ1) is 13.2. The van der Waals surface area contributed by atoms with Crippen molar-refractivity contribution in [3.63, 3.8) is 0 Å². The highest BCUT2D eigenvalue weighted by Gasteiger charge is 2.39. The SMILES string of the molecule is N#C/C(=N\Nc1ccc(-n2nc(C(F)(F)F)c3c2CCCC3)c(Cl)c1)C(=N)N. The predicted octanol–water partition coefficient (Wildman–Crippen LogP) is 3.65. The van der Waals surface area contributed by atoms with Gasteiger partial charge < -0.3 is 5.73 Å². The minimum atomic E-state index is -4.53. The Labute approximate surface area is 163 Å². The van der Waals surface area contributed by atoms with Gasteiger partial charge in [-0.25, -0.2) is 4.68 Å². The van der Waals surface area contributed by atoms with Crippen molar-refractivity contribution in [2.75, 3.05) is 5.43 Å². The third-order valence-electron chi connectivity index (χ3n) is 4.28. The van der Waals surface area contributed by atoms with E-state index >= 15 is 0 Å². The molecule has 0 aliphatic heterocycles. The Bertz CT molecular complexity index is 1000. The van der Waals surface area contributed by atoms with E-state index in [9.17, 15) is 13.2 Å². The van der Waals surface area contributed by atoms with E-state index < -0.39 is 17.7 Å². The van der Waals surface area contributed by atoms with Crippen molar-refractivity contribution >= 4 is 28.8 Å². The number of rotatable bonds is 4. The van der Waals surface area contributed by atoms with Gasteiger partial charge in [0.15, 0.2) is 11.5 Å². The summed E-state index contributed by atoms with van der Waals surface area (Å²) >= 11 is 6.28. The Hall–Kier alpha value is -3.06. The minimum Gasteiger partial charge on any atom is -0.382 e. The fourth-order valence-electron chi connectivity index (χ4n) is 3.04. The first-order valence-corrected chi connectivity index (χ1v) is 8.66. The van der Waals surface area contributed by atoms with Crippen molar-refractivity contribution in [1.29, 1.82) is 10.7 Å². The zero-order chi connectivity index (χ0) is 20.5. The zero-order valence-electron chi connectivity index (χ0n) is 14.4. The largest absolute Gasteiger partial charge is 0.435 e. The standard InChI is InChI=1S/C17H15ClF3N7/c18-11-7-9(25-26-12(8-22)16(23)24)5-6-14(11)28-13-4-2-1-3-10(13)15(27-28)17(19,20)21/h5-7,25H,1-4H2,(H3,23,24)/b26-12+. The second-order valence-corrected chi connectivity index (χ2v) is 6.56. The third kappa shape index (κ3) is 3.80. The number of nitrogens with two attached hydrogens (primary N) is 1. The number of nitrogens with zero attached hydrogens (tertiary/aromatic N) is 4. The van der Waals surface area contributed by atoms with E-state index in [0.29, 0.717) is 36.3 Å². The van der Waals surface area contributed by atoms with Crippen molar-refractivity contribution in [2.24, 2.45) is 10.8 Å². The van der Waals surface area contributed by atoms with Gasteiger partial charge in [0.1, 0.15) is 6.07 Å². The summed E-state index contributed by atoms with van der Waals surface area (Å²) in [5.74, 6) is -0.499. The van der Waals surface area contributed by atoms with Crippen LogP contribution in [0.25, 0.3) is 5.69 Å². The van der Waals surface area contributed by atoms with Crippen molar-refractivity contribution in [2.45, 2.75) is 31.9 Å². The molecule has 0 saturated carbocycles. The summed E-state index contributed by atoms with van der Waals surface area (Å²) in [6.45, 7) is 0. The molecule has 0 saturated heterocycles. The van der Waals surface area contributed by atoms with Crippen molar-refractivity contribution in [3.05, 3.63) is 40.2 Å². The summed E-state index contributed by atoms with van der Waals surface area (Å²) in [5.41, 5.74) is 8.00. The van der Waals surface area contributed by atoms with Gasteiger partial charge in [0, 0.05) is 11.3 Å². The van der Waals surface area contributed by atoms with Crippen LogP contribution in [0.5, 0.6) is 0 Å². The first-order valence-electron chi connectivity index (χ1n) is 8.28. The Morgan fingerprint density at radius 2 is 2.07 bits per heavy atom. The van der Waals surface area contributed by atoms with Gasteiger partial charge in [0.25, 0.3) is 0 Å². The molecule has 1 aromatic heterocycles. The van der Waals surface area contributed by atoms with Gasteiger partial charge in [-0.3, -0.25) is 10.8 Å². The monoisotopic (exact) mass is 409 g/mol. The smallest absolute Gasteiger partial charge is 0.382 e. The molecular formula is C17H15ClF3N7. The molecule has 1 aliphatic carbocycles. The molecule has 146 valence electrons. The van der Waals surface area contributed by atoms with Crippen LogP contribution < -0.4 is 11.2 Å². The first kappa shape index (κ1) is 19.7. The number of hydrogen-bond donors (Lipinski definition) is 3. The second-order valence-electron chi connectivity index (χ2n) is 6.15. The summed E-state index contributed by atoms with van der Waals surface area (Å²) in [5, 5.41) is 23.7. The van der Waals surface area contributed by atoms with Crippen LogP contribution in [0.4, 0.5) is 18.9 Å². The number of benzene rings is 1. The maximum Gasteiger partial charge on any atom is 0.435 e. The van der Waals surface area contributed by atoms with Gasteiger partial charge in [-0.15, -0.1) is 0 Å². The fraction of sp³-hybridized carbons (Fsp3) is 0.294. The molecule has 1 heterocycles. The van der Waals surface area contributed by atoms with Crippen LogP contribution in [-0.4, -0.2) is 21.3 Å². The van der Waals surface area contributed by atoms with E-state index in [2.05, 4.69) is 15.6 Å². The number of anilines is 1. The second kappa shape index (κ2) is 7.52. The molecule has 28 heavy (non-hydrogen) atoms. The quantitative estimate of drug-likeness (QED) is 0.406. The van der Waals surface area contributed by atoms with Crippen LogP contribution in [0.1, 0.15) is 29.8 Å². The maximum absolute atomic E-state index is 13.4. The highest BCUT2D eigenvalue weighted by Crippen LogP contribution is 2.38. The number of nitrogens with one attached hydrogen (secondary N) is 2. The average molecular weight is 410 g/mol. The van der Waals surface area contributed by atoms with Gasteiger partial charge in [-0.2, -0.15) is 28.6 Å². The van der Waals surface area contributed by atoms with Crippen LogP contribution in [0.3, 0.4) is 0 Å². The van der Waals surface area contributed by atoms with Crippen molar-refractivity contribution < 1.29 is 13.2 Å². The van der Waals surface area contributed by atoms with Crippen LogP contribution >= 0.6 is 11.6 Å². The molecule has 3 rings (SSSR count). The summed E-state index contributed by atoms with van der Waals surface area (Å²) in [4.78, 5) is 0. The van der Waals surface area contributed by atoms with Crippen molar-refractivity contribution in [3.8, 4) is 11.8 Å². The molecule has 1 aliphatic rings. The zero-order valence-corrected chi connectivity index (χ0v) is 15.2. The summed E-state index contributed by atoms with van der Waals surface area (Å²) in [6, 6.07) is 6.15. The molecule has 0 radical (unpaired) electrons. The number of nitriles is 1. The Morgan fingerprint density at radius 3 is 2.68 bits per heavy atom. The number of amidine groups is 1. The Balaban J connectivity index is 1.99. The van der Waals surface area contributed by atoms with E-state index in [1.165, 1.54) is 22.9 Å². The topological polar surface area (TPSA) is 116 Å². The van der Waals surface area contributed by atoms with Gasteiger partial charge >= 0.3 is 6.18 Å². The predicted molar refractivity (Wildman–Crippen MR) is 98.8 cm³/mol. The molecule has 0 spiro atoms. The normalized spacial score (nSPS) is 14.3.